The molecule has 0 aromatic carbocycles. The molecular formula is C9H14ClNO. The van der Waals surface area contributed by atoms with Gasteiger partial charge in [0, 0.05) is 13.1 Å². The average Bonchev–Trinajstić information content (AvgIpc) is 2.04. The van der Waals surface area contributed by atoms with E-state index in [0.29, 0.717) is 0 Å². The fourth-order valence-electron chi connectivity index (χ4n) is 1.22. The molecule has 0 aromatic rings. The highest BCUT2D eigenvalue weighted by atomic mass is 35.5. The SMILES string of the molecule is CC1=CCN(C(=O)[C@@H](C)Cl)CC1. The lowest BCUT2D eigenvalue weighted by atomic mass is 10.1. The van der Waals surface area contributed by atoms with Gasteiger partial charge in [0.1, 0.15) is 5.38 Å². The Balaban J connectivity index is 2.51. The molecule has 0 N–H and O–H groups in total. The van der Waals surface area contributed by atoms with E-state index in [2.05, 4.69) is 13.0 Å². The molecule has 1 amide bonds. The molecule has 3 heteroatoms. The molecule has 0 radical (unpaired) electrons. The molecule has 12 heavy (non-hydrogen) atoms. The summed E-state index contributed by atoms with van der Waals surface area (Å²) < 4.78 is 0. The Morgan fingerprint density at radius 3 is 2.83 bits per heavy atom. The summed E-state index contributed by atoms with van der Waals surface area (Å²) in [5, 5.41) is -0.392. The number of alkyl halides is 1. The predicted octanol–water partition coefficient (Wildman–Crippen LogP) is 1.79. The molecule has 0 aromatic heterocycles. The maximum absolute atomic E-state index is 11.4. The number of carbonyl (C=O) groups is 1. The zero-order chi connectivity index (χ0) is 9.14. The summed E-state index contributed by atoms with van der Waals surface area (Å²) in [6, 6.07) is 0. The van der Waals surface area contributed by atoms with E-state index in [1.165, 1.54) is 5.57 Å². The van der Waals surface area contributed by atoms with Crippen molar-refractivity contribution in [3.8, 4) is 0 Å². The summed E-state index contributed by atoms with van der Waals surface area (Å²) in [4.78, 5) is 13.2. The Bertz CT molecular complexity index is 211. The van der Waals surface area contributed by atoms with E-state index in [9.17, 15) is 4.79 Å². The van der Waals surface area contributed by atoms with Crippen LogP contribution in [0.15, 0.2) is 11.6 Å². The van der Waals surface area contributed by atoms with Crippen LogP contribution >= 0.6 is 11.6 Å². The average molecular weight is 188 g/mol. The maximum atomic E-state index is 11.4. The van der Waals surface area contributed by atoms with Gasteiger partial charge < -0.3 is 4.90 Å². The van der Waals surface area contributed by atoms with Gasteiger partial charge in [-0.05, 0) is 20.3 Å². The molecule has 68 valence electrons. The Morgan fingerprint density at radius 2 is 2.42 bits per heavy atom. The summed E-state index contributed by atoms with van der Waals surface area (Å²) >= 11 is 5.69. The van der Waals surface area contributed by atoms with Crippen molar-refractivity contribution in [1.29, 1.82) is 0 Å². The van der Waals surface area contributed by atoms with Crippen LogP contribution in [0.5, 0.6) is 0 Å². The zero-order valence-electron chi connectivity index (χ0n) is 7.51. The van der Waals surface area contributed by atoms with Crippen molar-refractivity contribution in [2.24, 2.45) is 0 Å². The quantitative estimate of drug-likeness (QED) is 0.453. The molecule has 1 aliphatic heterocycles. The van der Waals surface area contributed by atoms with Crippen molar-refractivity contribution < 1.29 is 4.79 Å². The van der Waals surface area contributed by atoms with E-state index in [1.54, 1.807) is 11.8 Å². The topological polar surface area (TPSA) is 20.3 Å². The minimum absolute atomic E-state index is 0.0421. The van der Waals surface area contributed by atoms with Crippen LogP contribution in [0.25, 0.3) is 0 Å². The first-order valence-corrected chi connectivity index (χ1v) is 4.63. The van der Waals surface area contributed by atoms with Crippen molar-refractivity contribution in [2.45, 2.75) is 25.6 Å². The van der Waals surface area contributed by atoms with Crippen molar-refractivity contribution in [3.05, 3.63) is 11.6 Å². The third-order valence-corrected chi connectivity index (χ3v) is 2.27. The summed E-state index contributed by atoms with van der Waals surface area (Å²) in [6.45, 7) is 5.35. The van der Waals surface area contributed by atoms with Crippen molar-refractivity contribution in [1.82, 2.24) is 4.90 Å². The van der Waals surface area contributed by atoms with E-state index in [1.807, 2.05) is 0 Å². The van der Waals surface area contributed by atoms with Crippen molar-refractivity contribution in [3.63, 3.8) is 0 Å². The first kappa shape index (κ1) is 9.59. The lowest BCUT2D eigenvalue weighted by molar-refractivity contribution is -0.130. The third kappa shape index (κ3) is 2.24. The summed E-state index contributed by atoms with van der Waals surface area (Å²) in [5.74, 6) is 0.0421. The van der Waals surface area contributed by atoms with Gasteiger partial charge in [-0.2, -0.15) is 0 Å². The number of rotatable bonds is 1. The van der Waals surface area contributed by atoms with E-state index in [4.69, 9.17) is 11.6 Å². The van der Waals surface area contributed by atoms with Gasteiger partial charge in [0.15, 0.2) is 0 Å². The largest absolute Gasteiger partial charge is 0.337 e. The summed E-state index contributed by atoms with van der Waals surface area (Å²) in [6.07, 6.45) is 3.07. The monoisotopic (exact) mass is 187 g/mol. The van der Waals surface area contributed by atoms with Crippen LogP contribution in [0.4, 0.5) is 0 Å². The fourth-order valence-corrected chi connectivity index (χ4v) is 1.36. The van der Waals surface area contributed by atoms with E-state index < -0.39 is 5.38 Å². The summed E-state index contributed by atoms with van der Waals surface area (Å²) in [5.41, 5.74) is 1.36. The maximum Gasteiger partial charge on any atom is 0.240 e. The second-order valence-corrected chi connectivity index (χ2v) is 3.86. The molecule has 0 spiro atoms. The van der Waals surface area contributed by atoms with Crippen LogP contribution in [-0.4, -0.2) is 29.3 Å². The Morgan fingerprint density at radius 1 is 1.75 bits per heavy atom. The summed E-state index contributed by atoms with van der Waals surface area (Å²) in [7, 11) is 0. The number of hydrogen-bond acceptors (Lipinski definition) is 1. The first-order chi connectivity index (χ1) is 5.61. The number of carbonyl (C=O) groups excluding carboxylic acids is 1. The van der Waals surface area contributed by atoms with Crippen molar-refractivity contribution >= 4 is 17.5 Å². The first-order valence-electron chi connectivity index (χ1n) is 4.19. The molecule has 0 fully saturated rings. The fraction of sp³-hybridized carbons (Fsp3) is 0.667. The number of nitrogens with zero attached hydrogens (tertiary/aromatic N) is 1. The normalized spacial score (nSPS) is 20.2. The van der Waals surface area contributed by atoms with Gasteiger partial charge in [0.25, 0.3) is 0 Å². The molecule has 0 saturated heterocycles. The molecule has 1 rings (SSSR count). The second kappa shape index (κ2) is 3.94. The minimum atomic E-state index is -0.392. The van der Waals surface area contributed by atoms with E-state index >= 15 is 0 Å². The van der Waals surface area contributed by atoms with Gasteiger partial charge in [-0.25, -0.2) is 0 Å². The molecule has 0 unspecified atom stereocenters. The minimum Gasteiger partial charge on any atom is -0.337 e. The highest BCUT2D eigenvalue weighted by Gasteiger charge is 2.19. The van der Waals surface area contributed by atoms with Gasteiger partial charge in [0.05, 0.1) is 0 Å². The van der Waals surface area contributed by atoms with Crippen LogP contribution in [0.2, 0.25) is 0 Å². The molecule has 2 nitrogen and oxygen atoms in total. The van der Waals surface area contributed by atoms with Crippen LogP contribution in [-0.2, 0) is 4.79 Å². The predicted molar refractivity (Wildman–Crippen MR) is 50.3 cm³/mol. The molecule has 1 atom stereocenters. The second-order valence-electron chi connectivity index (χ2n) is 3.20. The highest BCUT2D eigenvalue weighted by Crippen LogP contribution is 2.11. The van der Waals surface area contributed by atoms with Gasteiger partial charge >= 0.3 is 0 Å². The lowest BCUT2D eigenvalue weighted by Gasteiger charge is -2.26. The van der Waals surface area contributed by atoms with Crippen LogP contribution in [0, 0.1) is 0 Å². The standard InChI is InChI=1S/C9H14ClNO/c1-7-3-5-11(6-4-7)9(12)8(2)10/h3,8H,4-6H2,1-2H3/t8-/m1/s1. The van der Waals surface area contributed by atoms with Crippen LogP contribution in [0.1, 0.15) is 20.3 Å². The Kier molecular flexibility index (Phi) is 3.15. The Labute approximate surface area is 78.2 Å². The van der Waals surface area contributed by atoms with E-state index in [-0.39, 0.29) is 5.91 Å². The van der Waals surface area contributed by atoms with Gasteiger partial charge in [-0.1, -0.05) is 11.6 Å². The third-order valence-electron chi connectivity index (χ3n) is 2.09. The van der Waals surface area contributed by atoms with E-state index in [0.717, 1.165) is 19.5 Å². The zero-order valence-corrected chi connectivity index (χ0v) is 8.27. The van der Waals surface area contributed by atoms with Crippen LogP contribution < -0.4 is 0 Å². The molecule has 0 bridgehead atoms. The molecule has 1 heterocycles. The molecular weight excluding hydrogens is 174 g/mol. The van der Waals surface area contributed by atoms with Gasteiger partial charge in [-0.15, -0.1) is 11.6 Å². The van der Waals surface area contributed by atoms with Crippen molar-refractivity contribution in [2.75, 3.05) is 13.1 Å². The highest BCUT2D eigenvalue weighted by molar-refractivity contribution is 6.30. The molecule has 1 aliphatic rings. The van der Waals surface area contributed by atoms with Gasteiger partial charge in [0.2, 0.25) is 5.91 Å². The molecule has 0 saturated carbocycles. The number of amides is 1. The van der Waals surface area contributed by atoms with Crippen LogP contribution in [0.3, 0.4) is 0 Å². The lowest BCUT2D eigenvalue weighted by Crippen LogP contribution is -2.38. The molecule has 0 aliphatic carbocycles. The Hall–Kier alpha value is -0.500. The number of halogens is 1. The smallest absolute Gasteiger partial charge is 0.240 e. The van der Waals surface area contributed by atoms with Gasteiger partial charge in [-0.3, -0.25) is 4.79 Å². The number of hydrogen-bond donors (Lipinski definition) is 0.